The number of hydrogen-bond donors (Lipinski definition) is 1. The number of anilines is 1. The van der Waals surface area contributed by atoms with Crippen LogP contribution in [0.5, 0.6) is 0 Å². The number of nitrogens with zero attached hydrogens (tertiary/aromatic N) is 1. The summed E-state index contributed by atoms with van der Waals surface area (Å²) in [5.74, 6) is -0.0871. The molecule has 0 unspecified atom stereocenters. The molecule has 0 spiro atoms. The maximum atomic E-state index is 11.8. The van der Waals surface area contributed by atoms with Crippen LogP contribution in [-0.4, -0.2) is 29.8 Å². The molecule has 1 aromatic carbocycles. The van der Waals surface area contributed by atoms with Crippen molar-refractivity contribution in [2.45, 2.75) is 20.8 Å². The van der Waals surface area contributed by atoms with Gasteiger partial charge in [0.25, 0.3) is 0 Å². The van der Waals surface area contributed by atoms with Crippen molar-refractivity contribution in [2.75, 3.05) is 18.4 Å². The van der Waals surface area contributed by atoms with E-state index in [1.165, 1.54) is 6.92 Å². The van der Waals surface area contributed by atoms with Crippen molar-refractivity contribution in [3.8, 4) is 0 Å². The molecule has 1 aromatic rings. The minimum Gasteiger partial charge on any atom is -0.340 e. The molecule has 0 fully saturated rings. The maximum Gasteiger partial charge on any atom is 0.246 e. The van der Waals surface area contributed by atoms with E-state index >= 15 is 0 Å². The van der Waals surface area contributed by atoms with E-state index in [9.17, 15) is 9.59 Å². The zero-order chi connectivity index (χ0) is 14.3. The van der Waals surface area contributed by atoms with E-state index < -0.39 is 0 Å². The molecule has 0 aliphatic heterocycles. The first-order valence-corrected chi connectivity index (χ1v) is 6.41. The van der Waals surface area contributed by atoms with E-state index in [0.717, 1.165) is 11.3 Å². The normalized spacial score (nSPS) is 10.5. The molecular formula is C15H20N2O2. The van der Waals surface area contributed by atoms with E-state index in [2.05, 4.69) is 5.32 Å². The lowest BCUT2D eigenvalue weighted by molar-refractivity contribution is -0.125. The van der Waals surface area contributed by atoms with Gasteiger partial charge in [-0.25, -0.2) is 0 Å². The van der Waals surface area contributed by atoms with Gasteiger partial charge in [-0.15, -0.1) is 0 Å². The Kier molecular flexibility index (Phi) is 5.79. The topological polar surface area (TPSA) is 49.4 Å². The van der Waals surface area contributed by atoms with Gasteiger partial charge in [-0.2, -0.15) is 0 Å². The fraction of sp³-hybridized carbons (Fsp3) is 0.333. The summed E-state index contributed by atoms with van der Waals surface area (Å²) in [6.07, 6.45) is 3.35. The molecule has 4 nitrogen and oxygen atoms in total. The van der Waals surface area contributed by atoms with E-state index in [-0.39, 0.29) is 11.8 Å². The molecule has 0 heterocycles. The van der Waals surface area contributed by atoms with Gasteiger partial charge in [0.15, 0.2) is 0 Å². The van der Waals surface area contributed by atoms with Crippen molar-refractivity contribution in [1.82, 2.24) is 4.90 Å². The molecular weight excluding hydrogens is 240 g/mol. The third-order valence-electron chi connectivity index (χ3n) is 2.72. The van der Waals surface area contributed by atoms with Crippen LogP contribution >= 0.6 is 0 Å². The Bertz CT molecular complexity index is 460. The molecule has 0 bridgehead atoms. The number of rotatable bonds is 5. The minimum atomic E-state index is -0.0972. The predicted molar refractivity (Wildman–Crippen MR) is 77.7 cm³/mol. The van der Waals surface area contributed by atoms with Gasteiger partial charge in [-0.05, 0) is 37.6 Å². The summed E-state index contributed by atoms with van der Waals surface area (Å²) in [6.45, 7) is 6.80. The van der Waals surface area contributed by atoms with Gasteiger partial charge in [0.2, 0.25) is 11.8 Å². The van der Waals surface area contributed by atoms with E-state index in [4.69, 9.17) is 0 Å². The van der Waals surface area contributed by atoms with Crippen LogP contribution in [0.4, 0.5) is 5.69 Å². The summed E-state index contributed by atoms with van der Waals surface area (Å²) in [5.41, 5.74) is 1.68. The average Bonchev–Trinajstić information content (AvgIpc) is 2.38. The molecule has 0 radical (unpaired) electrons. The van der Waals surface area contributed by atoms with Gasteiger partial charge in [0.05, 0.1) is 0 Å². The highest BCUT2D eigenvalue weighted by molar-refractivity contribution is 5.92. The Balaban J connectivity index is 2.67. The zero-order valence-electron chi connectivity index (χ0n) is 11.6. The third-order valence-corrected chi connectivity index (χ3v) is 2.72. The molecule has 0 saturated carbocycles. The van der Waals surface area contributed by atoms with Gasteiger partial charge in [-0.3, -0.25) is 9.59 Å². The average molecular weight is 260 g/mol. The Hall–Kier alpha value is -2.10. The van der Waals surface area contributed by atoms with Gasteiger partial charge in [0, 0.05) is 31.8 Å². The largest absolute Gasteiger partial charge is 0.340 e. The van der Waals surface area contributed by atoms with Crippen molar-refractivity contribution < 1.29 is 9.59 Å². The van der Waals surface area contributed by atoms with E-state index in [1.807, 2.05) is 38.1 Å². The summed E-state index contributed by atoms with van der Waals surface area (Å²) in [7, 11) is 0. The first kappa shape index (κ1) is 15.0. The Morgan fingerprint density at radius 1 is 1.16 bits per heavy atom. The van der Waals surface area contributed by atoms with Crippen molar-refractivity contribution >= 4 is 23.6 Å². The van der Waals surface area contributed by atoms with Crippen molar-refractivity contribution in [1.29, 1.82) is 0 Å². The molecule has 0 saturated heterocycles. The van der Waals surface area contributed by atoms with Crippen LogP contribution in [0.3, 0.4) is 0 Å². The summed E-state index contributed by atoms with van der Waals surface area (Å²) >= 11 is 0. The summed E-state index contributed by atoms with van der Waals surface area (Å²) in [5, 5.41) is 2.70. The van der Waals surface area contributed by atoms with Crippen LogP contribution in [0, 0.1) is 0 Å². The number of likely N-dealkylation sites (N-methyl/N-ethyl adjacent to an activating group) is 1. The van der Waals surface area contributed by atoms with Crippen LogP contribution in [0.25, 0.3) is 6.08 Å². The number of carbonyl (C=O) groups excluding carboxylic acids is 2. The SMILES string of the molecule is CCN(CC)C(=O)/C=C/c1ccc(NC(C)=O)cc1. The van der Waals surface area contributed by atoms with Crippen molar-refractivity contribution in [3.63, 3.8) is 0 Å². The Labute approximate surface area is 114 Å². The van der Waals surface area contributed by atoms with Crippen molar-refractivity contribution in [2.24, 2.45) is 0 Å². The molecule has 1 N–H and O–H groups in total. The number of amides is 2. The number of nitrogens with one attached hydrogen (secondary N) is 1. The number of benzene rings is 1. The van der Waals surface area contributed by atoms with Gasteiger partial charge < -0.3 is 10.2 Å². The molecule has 0 aromatic heterocycles. The molecule has 4 heteroatoms. The van der Waals surface area contributed by atoms with Crippen LogP contribution in [-0.2, 0) is 9.59 Å². The van der Waals surface area contributed by atoms with E-state index in [1.54, 1.807) is 17.1 Å². The zero-order valence-corrected chi connectivity index (χ0v) is 11.6. The third kappa shape index (κ3) is 4.95. The van der Waals surface area contributed by atoms with Crippen LogP contribution in [0.1, 0.15) is 26.3 Å². The first-order valence-electron chi connectivity index (χ1n) is 6.41. The molecule has 1 rings (SSSR count). The second kappa shape index (κ2) is 7.36. The highest BCUT2D eigenvalue weighted by Crippen LogP contribution is 2.10. The lowest BCUT2D eigenvalue weighted by Crippen LogP contribution is -2.28. The number of hydrogen-bond acceptors (Lipinski definition) is 2. The van der Waals surface area contributed by atoms with Gasteiger partial charge in [-0.1, -0.05) is 12.1 Å². The van der Waals surface area contributed by atoms with Gasteiger partial charge >= 0.3 is 0 Å². The second-order valence-electron chi connectivity index (χ2n) is 4.15. The van der Waals surface area contributed by atoms with Crippen LogP contribution in [0.2, 0.25) is 0 Å². The molecule has 102 valence electrons. The Morgan fingerprint density at radius 2 is 1.74 bits per heavy atom. The maximum absolute atomic E-state index is 11.8. The fourth-order valence-corrected chi connectivity index (χ4v) is 1.69. The predicted octanol–water partition coefficient (Wildman–Crippen LogP) is 2.53. The number of carbonyl (C=O) groups is 2. The lowest BCUT2D eigenvalue weighted by atomic mass is 10.2. The summed E-state index contributed by atoms with van der Waals surface area (Å²) < 4.78 is 0. The summed E-state index contributed by atoms with van der Waals surface area (Å²) in [6, 6.07) is 7.33. The highest BCUT2D eigenvalue weighted by Gasteiger charge is 2.04. The van der Waals surface area contributed by atoms with Crippen LogP contribution < -0.4 is 5.32 Å². The van der Waals surface area contributed by atoms with Gasteiger partial charge in [0.1, 0.15) is 0 Å². The monoisotopic (exact) mass is 260 g/mol. The van der Waals surface area contributed by atoms with E-state index in [0.29, 0.717) is 13.1 Å². The standard InChI is InChI=1S/C15H20N2O2/c1-4-17(5-2)15(19)11-8-13-6-9-14(10-7-13)16-12(3)18/h6-11H,4-5H2,1-3H3,(H,16,18)/b11-8+. The lowest BCUT2D eigenvalue weighted by Gasteiger charge is -2.15. The summed E-state index contributed by atoms with van der Waals surface area (Å²) in [4.78, 5) is 24.4. The molecule has 0 atom stereocenters. The molecule has 0 aliphatic rings. The molecule has 19 heavy (non-hydrogen) atoms. The second-order valence-corrected chi connectivity index (χ2v) is 4.15. The quantitative estimate of drug-likeness (QED) is 0.827. The molecule has 0 aliphatic carbocycles. The fourth-order valence-electron chi connectivity index (χ4n) is 1.69. The minimum absolute atomic E-state index is 0.0101. The van der Waals surface area contributed by atoms with Crippen LogP contribution in [0.15, 0.2) is 30.3 Å². The highest BCUT2D eigenvalue weighted by atomic mass is 16.2. The Morgan fingerprint density at radius 3 is 2.21 bits per heavy atom. The first-order chi connectivity index (χ1) is 9.06. The molecule has 2 amide bonds. The smallest absolute Gasteiger partial charge is 0.246 e. The van der Waals surface area contributed by atoms with Crippen molar-refractivity contribution in [3.05, 3.63) is 35.9 Å².